The van der Waals surface area contributed by atoms with Crippen LogP contribution in [0.1, 0.15) is 5.56 Å². The van der Waals surface area contributed by atoms with E-state index in [4.69, 9.17) is 4.74 Å². The number of carbonyl (C=O) groups is 2. The summed E-state index contributed by atoms with van der Waals surface area (Å²) in [5.41, 5.74) is 1.25. The Morgan fingerprint density at radius 1 is 1.17 bits per heavy atom. The van der Waals surface area contributed by atoms with Crippen LogP contribution in [0.3, 0.4) is 0 Å². The quantitative estimate of drug-likeness (QED) is 0.650. The predicted molar refractivity (Wildman–Crippen MR) is 118 cm³/mol. The first-order valence-corrected chi connectivity index (χ1v) is 10.3. The lowest BCUT2D eigenvalue weighted by molar-refractivity contribution is -0.127. The molecule has 1 fully saturated rings. The van der Waals surface area contributed by atoms with Gasteiger partial charge in [0.1, 0.15) is 11.6 Å². The molecule has 6 nitrogen and oxygen atoms in total. The van der Waals surface area contributed by atoms with Gasteiger partial charge in [0.25, 0.3) is 0 Å². The average molecular weight is 476 g/mol. The van der Waals surface area contributed by atoms with Crippen LogP contribution in [-0.2, 0) is 9.59 Å². The van der Waals surface area contributed by atoms with Crippen LogP contribution in [-0.4, -0.2) is 61.4 Å². The molecule has 8 heteroatoms. The fourth-order valence-corrected chi connectivity index (χ4v) is 3.58. The van der Waals surface area contributed by atoms with Gasteiger partial charge in [0, 0.05) is 48.0 Å². The van der Waals surface area contributed by atoms with Crippen molar-refractivity contribution in [2.45, 2.75) is 0 Å². The Bertz CT molecular complexity index is 943. The molecule has 0 saturated carbocycles. The van der Waals surface area contributed by atoms with E-state index in [2.05, 4.69) is 21.2 Å². The highest BCUT2D eigenvalue weighted by Gasteiger charge is 2.21. The van der Waals surface area contributed by atoms with Gasteiger partial charge in [-0.3, -0.25) is 14.5 Å². The number of amides is 2. The standard InChI is InChI=1S/C22H23BrFN3O3/c1-30-20-7-6-17(23)13-16(20)5-8-22(29)27-11-9-26(10-12-27)15-21(28)25-19-4-2-3-18(24)14-19/h2-8,13-14H,9-12,15H2,1H3,(H,25,28). The molecular formula is C22H23BrFN3O3. The molecule has 1 aliphatic rings. The molecule has 158 valence electrons. The number of nitrogens with one attached hydrogen (secondary N) is 1. The Morgan fingerprint density at radius 2 is 1.93 bits per heavy atom. The Hall–Kier alpha value is -2.71. The van der Waals surface area contributed by atoms with Crippen molar-refractivity contribution in [2.24, 2.45) is 0 Å². The highest BCUT2D eigenvalue weighted by atomic mass is 79.9. The van der Waals surface area contributed by atoms with E-state index in [1.165, 1.54) is 18.2 Å². The zero-order valence-electron chi connectivity index (χ0n) is 16.6. The van der Waals surface area contributed by atoms with Gasteiger partial charge in [0.15, 0.2) is 0 Å². The summed E-state index contributed by atoms with van der Waals surface area (Å²) < 4.78 is 19.4. The van der Waals surface area contributed by atoms with Gasteiger partial charge in [-0.15, -0.1) is 0 Å². The van der Waals surface area contributed by atoms with Crippen LogP contribution in [0, 0.1) is 5.82 Å². The Balaban J connectivity index is 1.48. The van der Waals surface area contributed by atoms with E-state index in [1.807, 2.05) is 23.1 Å². The first-order chi connectivity index (χ1) is 14.4. The van der Waals surface area contributed by atoms with Gasteiger partial charge in [0.2, 0.25) is 11.8 Å². The smallest absolute Gasteiger partial charge is 0.246 e. The molecule has 3 rings (SSSR count). The number of piperazine rings is 1. The number of halogens is 2. The molecule has 1 heterocycles. The summed E-state index contributed by atoms with van der Waals surface area (Å²) in [5, 5.41) is 2.69. The number of hydrogen-bond donors (Lipinski definition) is 1. The molecule has 2 aromatic rings. The van der Waals surface area contributed by atoms with Gasteiger partial charge in [-0.1, -0.05) is 22.0 Å². The number of rotatable bonds is 6. The van der Waals surface area contributed by atoms with E-state index in [-0.39, 0.29) is 18.4 Å². The highest BCUT2D eigenvalue weighted by Crippen LogP contribution is 2.24. The van der Waals surface area contributed by atoms with E-state index in [0.29, 0.717) is 37.6 Å². The van der Waals surface area contributed by atoms with Crippen molar-refractivity contribution in [3.05, 3.63) is 64.4 Å². The lowest BCUT2D eigenvalue weighted by Gasteiger charge is -2.33. The first kappa shape index (κ1) is 22.0. The van der Waals surface area contributed by atoms with Gasteiger partial charge < -0.3 is 15.0 Å². The molecule has 1 saturated heterocycles. The predicted octanol–water partition coefficient (Wildman–Crippen LogP) is 3.39. The molecule has 0 aromatic heterocycles. The number of carbonyl (C=O) groups excluding carboxylic acids is 2. The van der Waals surface area contributed by atoms with E-state index >= 15 is 0 Å². The number of nitrogens with zero attached hydrogens (tertiary/aromatic N) is 2. The number of ether oxygens (including phenoxy) is 1. The summed E-state index contributed by atoms with van der Waals surface area (Å²) in [7, 11) is 1.59. The minimum atomic E-state index is -0.395. The molecule has 0 atom stereocenters. The summed E-state index contributed by atoms with van der Waals surface area (Å²) in [4.78, 5) is 28.4. The van der Waals surface area contributed by atoms with Crippen molar-refractivity contribution in [3.63, 3.8) is 0 Å². The Kier molecular flexibility index (Phi) is 7.59. The SMILES string of the molecule is COc1ccc(Br)cc1C=CC(=O)N1CCN(CC(=O)Nc2cccc(F)c2)CC1. The van der Waals surface area contributed by atoms with Crippen LogP contribution in [0.25, 0.3) is 6.08 Å². The molecular weight excluding hydrogens is 453 g/mol. The highest BCUT2D eigenvalue weighted by molar-refractivity contribution is 9.10. The van der Waals surface area contributed by atoms with Gasteiger partial charge in [0.05, 0.1) is 13.7 Å². The maximum Gasteiger partial charge on any atom is 0.246 e. The van der Waals surface area contributed by atoms with E-state index < -0.39 is 5.82 Å². The Labute approximate surface area is 183 Å². The zero-order chi connectivity index (χ0) is 21.5. The first-order valence-electron chi connectivity index (χ1n) is 9.53. The third-order valence-corrected chi connectivity index (χ3v) is 5.25. The summed E-state index contributed by atoms with van der Waals surface area (Å²) in [5.74, 6) is 0.00718. The lowest BCUT2D eigenvalue weighted by Crippen LogP contribution is -2.50. The van der Waals surface area contributed by atoms with Gasteiger partial charge in [-0.05, 0) is 42.5 Å². The van der Waals surface area contributed by atoms with Crippen molar-refractivity contribution < 1.29 is 18.7 Å². The van der Waals surface area contributed by atoms with Crippen LogP contribution in [0.4, 0.5) is 10.1 Å². The molecule has 2 amide bonds. The molecule has 1 aliphatic heterocycles. The molecule has 0 unspecified atom stereocenters. The largest absolute Gasteiger partial charge is 0.496 e. The second kappa shape index (κ2) is 10.4. The van der Waals surface area contributed by atoms with Crippen LogP contribution >= 0.6 is 15.9 Å². The summed E-state index contributed by atoms with van der Waals surface area (Å²) in [6.07, 6.45) is 3.28. The number of anilines is 1. The molecule has 0 aliphatic carbocycles. The minimum absolute atomic E-state index is 0.0825. The molecule has 30 heavy (non-hydrogen) atoms. The lowest BCUT2D eigenvalue weighted by atomic mass is 10.2. The molecule has 2 aromatic carbocycles. The van der Waals surface area contributed by atoms with Gasteiger partial charge in [-0.25, -0.2) is 4.39 Å². The summed E-state index contributed by atoms with van der Waals surface area (Å²) in [6, 6.07) is 11.4. The topological polar surface area (TPSA) is 61.9 Å². The normalized spacial score (nSPS) is 14.7. The van der Waals surface area contributed by atoms with Crippen molar-refractivity contribution in [3.8, 4) is 5.75 Å². The monoisotopic (exact) mass is 475 g/mol. The van der Waals surface area contributed by atoms with Crippen molar-refractivity contribution in [1.29, 1.82) is 0 Å². The van der Waals surface area contributed by atoms with E-state index in [1.54, 1.807) is 30.2 Å². The molecule has 1 N–H and O–H groups in total. The summed E-state index contributed by atoms with van der Waals surface area (Å²) >= 11 is 3.42. The second-order valence-electron chi connectivity index (χ2n) is 6.88. The molecule has 0 bridgehead atoms. The third kappa shape index (κ3) is 6.14. The van der Waals surface area contributed by atoms with Crippen LogP contribution in [0.5, 0.6) is 5.75 Å². The van der Waals surface area contributed by atoms with Crippen molar-refractivity contribution in [1.82, 2.24) is 9.80 Å². The van der Waals surface area contributed by atoms with E-state index in [0.717, 1.165) is 10.0 Å². The fourth-order valence-electron chi connectivity index (χ4n) is 3.20. The van der Waals surface area contributed by atoms with Gasteiger partial charge in [-0.2, -0.15) is 0 Å². The Morgan fingerprint density at radius 3 is 2.63 bits per heavy atom. The molecule has 0 spiro atoms. The number of methoxy groups -OCH3 is 1. The van der Waals surface area contributed by atoms with Crippen LogP contribution < -0.4 is 10.1 Å². The van der Waals surface area contributed by atoms with E-state index in [9.17, 15) is 14.0 Å². The fraction of sp³-hybridized carbons (Fsp3) is 0.273. The maximum absolute atomic E-state index is 13.2. The zero-order valence-corrected chi connectivity index (χ0v) is 18.2. The minimum Gasteiger partial charge on any atom is -0.496 e. The van der Waals surface area contributed by atoms with Crippen molar-refractivity contribution >= 4 is 39.5 Å². The number of hydrogen-bond acceptors (Lipinski definition) is 4. The maximum atomic E-state index is 13.2. The van der Waals surface area contributed by atoms with Gasteiger partial charge >= 0.3 is 0 Å². The number of benzene rings is 2. The summed E-state index contributed by atoms with van der Waals surface area (Å²) in [6.45, 7) is 2.45. The third-order valence-electron chi connectivity index (χ3n) is 4.76. The average Bonchev–Trinajstić information content (AvgIpc) is 2.72. The molecule has 0 radical (unpaired) electrons. The van der Waals surface area contributed by atoms with Crippen LogP contribution in [0.15, 0.2) is 53.0 Å². The van der Waals surface area contributed by atoms with Crippen LogP contribution in [0.2, 0.25) is 0 Å². The second-order valence-corrected chi connectivity index (χ2v) is 7.80. The van der Waals surface area contributed by atoms with Crippen molar-refractivity contribution in [2.75, 3.05) is 45.2 Å².